The molecule has 2 heterocycles. The average molecular weight is 316 g/mol. The molecule has 0 spiro atoms. The van der Waals surface area contributed by atoms with Gasteiger partial charge < -0.3 is 14.8 Å². The maximum Gasteiger partial charge on any atom is 0.129 e. The molecule has 0 saturated heterocycles. The Morgan fingerprint density at radius 2 is 2.04 bits per heavy atom. The zero-order valence-corrected chi connectivity index (χ0v) is 12.9. The van der Waals surface area contributed by atoms with Gasteiger partial charge in [0, 0.05) is 11.1 Å². The lowest BCUT2D eigenvalue weighted by Crippen LogP contribution is -2.29. The van der Waals surface area contributed by atoms with E-state index >= 15 is 0 Å². The van der Waals surface area contributed by atoms with Crippen molar-refractivity contribution in [2.24, 2.45) is 5.92 Å². The number of aliphatic hydroxyl groups is 2. The Kier molecular flexibility index (Phi) is 3.70. The number of imidazole rings is 1. The van der Waals surface area contributed by atoms with Gasteiger partial charge in [-0.05, 0) is 44.1 Å². The Labute approximate surface area is 134 Å². The van der Waals surface area contributed by atoms with Gasteiger partial charge >= 0.3 is 0 Å². The summed E-state index contributed by atoms with van der Waals surface area (Å²) >= 11 is 0. The lowest BCUT2D eigenvalue weighted by Gasteiger charge is -2.31. The number of hydrogen-bond acceptors (Lipinski definition) is 3. The standard InChI is InChI=1S/C18H21FN2O2/c19-14-3-1-2-13-16-9-20-10-21(16)15(18(13)14)8-17(23)11-4-6-12(22)7-5-11/h1-3,9-12,15,17,22-23H,4-8H2/t11?,12?,15-,17?/m1/s1. The van der Waals surface area contributed by atoms with Gasteiger partial charge in [-0.15, -0.1) is 0 Å². The van der Waals surface area contributed by atoms with E-state index in [9.17, 15) is 14.6 Å². The second-order valence-electron chi connectivity index (χ2n) is 6.77. The summed E-state index contributed by atoms with van der Waals surface area (Å²) in [5.41, 5.74) is 2.45. The van der Waals surface area contributed by atoms with Gasteiger partial charge in [0.05, 0.1) is 36.5 Å². The summed E-state index contributed by atoms with van der Waals surface area (Å²) in [6.45, 7) is 0. The molecule has 4 rings (SSSR count). The van der Waals surface area contributed by atoms with Gasteiger partial charge in [-0.2, -0.15) is 0 Å². The molecule has 122 valence electrons. The molecule has 23 heavy (non-hydrogen) atoms. The fourth-order valence-corrected chi connectivity index (χ4v) is 4.14. The van der Waals surface area contributed by atoms with Crippen molar-refractivity contribution in [1.29, 1.82) is 0 Å². The minimum absolute atomic E-state index is 0.182. The first-order valence-corrected chi connectivity index (χ1v) is 8.32. The number of halogens is 1. The molecule has 1 aliphatic carbocycles. The van der Waals surface area contributed by atoms with E-state index in [1.165, 1.54) is 6.07 Å². The van der Waals surface area contributed by atoms with E-state index in [-0.39, 0.29) is 23.9 Å². The molecule has 1 unspecified atom stereocenters. The number of nitrogens with zero attached hydrogens (tertiary/aromatic N) is 2. The Hall–Kier alpha value is -1.72. The van der Waals surface area contributed by atoms with Gasteiger partial charge in [0.15, 0.2) is 0 Å². The van der Waals surface area contributed by atoms with Crippen LogP contribution in [0.1, 0.15) is 43.7 Å². The number of benzene rings is 1. The van der Waals surface area contributed by atoms with Crippen LogP contribution >= 0.6 is 0 Å². The number of aliphatic hydroxyl groups excluding tert-OH is 2. The summed E-state index contributed by atoms with van der Waals surface area (Å²) in [5, 5.41) is 20.3. The molecule has 1 aromatic carbocycles. The number of fused-ring (bicyclic) bond motifs is 3. The predicted octanol–water partition coefficient (Wildman–Crippen LogP) is 2.89. The minimum atomic E-state index is -0.492. The third-order valence-corrected chi connectivity index (χ3v) is 5.41. The highest BCUT2D eigenvalue weighted by molar-refractivity contribution is 5.69. The molecule has 1 aromatic heterocycles. The summed E-state index contributed by atoms with van der Waals surface area (Å²) in [4.78, 5) is 4.18. The summed E-state index contributed by atoms with van der Waals surface area (Å²) in [5.74, 6) is -0.0383. The number of rotatable bonds is 3. The van der Waals surface area contributed by atoms with Crippen LogP contribution in [-0.2, 0) is 0 Å². The summed E-state index contributed by atoms with van der Waals surface area (Å²) < 4.78 is 16.3. The molecule has 2 aliphatic rings. The molecule has 1 saturated carbocycles. The Morgan fingerprint density at radius 3 is 2.83 bits per heavy atom. The van der Waals surface area contributed by atoms with E-state index in [0.29, 0.717) is 12.0 Å². The van der Waals surface area contributed by atoms with Crippen LogP contribution in [0.5, 0.6) is 0 Å². The van der Waals surface area contributed by atoms with Crippen LogP contribution in [0.4, 0.5) is 4.39 Å². The zero-order valence-electron chi connectivity index (χ0n) is 12.9. The van der Waals surface area contributed by atoms with Crippen molar-refractivity contribution in [1.82, 2.24) is 9.55 Å². The molecule has 5 heteroatoms. The van der Waals surface area contributed by atoms with Crippen molar-refractivity contribution in [3.8, 4) is 11.3 Å². The molecule has 0 radical (unpaired) electrons. The van der Waals surface area contributed by atoms with Crippen LogP contribution in [0.3, 0.4) is 0 Å². The van der Waals surface area contributed by atoms with Gasteiger partial charge in [-0.3, -0.25) is 0 Å². The molecule has 1 fully saturated rings. The summed E-state index contributed by atoms with van der Waals surface area (Å²) in [6, 6.07) is 4.91. The second-order valence-corrected chi connectivity index (χ2v) is 6.77. The Bertz CT molecular complexity index is 707. The fraction of sp³-hybridized carbons (Fsp3) is 0.500. The van der Waals surface area contributed by atoms with Gasteiger partial charge in [0.2, 0.25) is 0 Å². The van der Waals surface area contributed by atoms with E-state index in [1.807, 2.05) is 10.6 Å². The maximum absolute atomic E-state index is 14.4. The van der Waals surface area contributed by atoms with Crippen molar-refractivity contribution in [3.63, 3.8) is 0 Å². The quantitative estimate of drug-likeness (QED) is 0.915. The fourth-order valence-electron chi connectivity index (χ4n) is 4.14. The van der Waals surface area contributed by atoms with Crippen LogP contribution in [0, 0.1) is 11.7 Å². The van der Waals surface area contributed by atoms with Crippen LogP contribution in [0.15, 0.2) is 30.7 Å². The van der Waals surface area contributed by atoms with Gasteiger partial charge in [-0.1, -0.05) is 12.1 Å². The molecule has 0 amide bonds. The average Bonchev–Trinajstić information content (AvgIpc) is 3.12. The monoisotopic (exact) mass is 316 g/mol. The summed E-state index contributed by atoms with van der Waals surface area (Å²) in [7, 11) is 0. The molecule has 1 aliphatic heterocycles. The van der Waals surface area contributed by atoms with Crippen molar-refractivity contribution in [3.05, 3.63) is 42.1 Å². The smallest absolute Gasteiger partial charge is 0.129 e. The first kappa shape index (κ1) is 14.8. The van der Waals surface area contributed by atoms with E-state index in [2.05, 4.69) is 4.98 Å². The lowest BCUT2D eigenvalue weighted by atomic mass is 9.81. The third-order valence-electron chi connectivity index (χ3n) is 5.41. The summed E-state index contributed by atoms with van der Waals surface area (Å²) in [6.07, 6.45) is 6.38. The zero-order chi connectivity index (χ0) is 16.0. The van der Waals surface area contributed by atoms with Crippen LogP contribution in [-0.4, -0.2) is 32.0 Å². The topological polar surface area (TPSA) is 58.3 Å². The molecule has 0 bridgehead atoms. The molecular weight excluding hydrogens is 295 g/mol. The van der Waals surface area contributed by atoms with E-state index in [4.69, 9.17) is 0 Å². The Balaban J connectivity index is 1.60. The van der Waals surface area contributed by atoms with Crippen molar-refractivity contribution in [2.75, 3.05) is 0 Å². The normalized spacial score (nSPS) is 27.5. The van der Waals surface area contributed by atoms with Crippen molar-refractivity contribution >= 4 is 0 Å². The van der Waals surface area contributed by atoms with Crippen molar-refractivity contribution < 1.29 is 14.6 Å². The SMILES string of the molecule is OC1CCC(C(O)C[C@@H]2c3c(F)cccc3-c3cncn32)CC1. The molecule has 4 nitrogen and oxygen atoms in total. The van der Waals surface area contributed by atoms with Gasteiger partial charge in [0.25, 0.3) is 0 Å². The lowest BCUT2D eigenvalue weighted by molar-refractivity contribution is 0.0328. The molecule has 2 N–H and O–H groups in total. The van der Waals surface area contributed by atoms with E-state index < -0.39 is 6.10 Å². The highest BCUT2D eigenvalue weighted by Gasteiger charge is 2.35. The third kappa shape index (κ3) is 2.48. The number of aromatic nitrogens is 2. The first-order chi connectivity index (χ1) is 11.1. The van der Waals surface area contributed by atoms with Crippen molar-refractivity contribution in [2.45, 2.75) is 50.4 Å². The highest BCUT2D eigenvalue weighted by Crippen LogP contribution is 2.43. The second kappa shape index (κ2) is 5.73. The van der Waals surface area contributed by atoms with E-state index in [1.54, 1.807) is 18.6 Å². The molecule has 2 atom stereocenters. The number of hydrogen-bond donors (Lipinski definition) is 2. The van der Waals surface area contributed by atoms with E-state index in [0.717, 1.165) is 36.9 Å². The largest absolute Gasteiger partial charge is 0.393 e. The predicted molar refractivity (Wildman–Crippen MR) is 84.3 cm³/mol. The van der Waals surface area contributed by atoms with Crippen LogP contribution < -0.4 is 0 Å². The Morgan fingerprint density at radius 1 is 1.26 bits per heavy atom. The van der Waals surface area contributed by atoms with Gasteiger partial charge in [-0.25, -0.2) is 9.37 Å². The molecule has 2 aromatic rings. The maximum atomic E-state index is 14.4. The highest BCUT2D eigenvalue weighted by atomic mass is 19.1. The van der Waals surface area contributed by atoms with Crippen LogP contribution in [0.25, 0.3) is 11.3 Å². The first-order valence-electron chi connectivity index (χ1n) is 8.32. The molecular formula is C18H21FN2O2. The minimum Gasteiger partial charge on any atom is -0.393 e. The van der Waals surface area contributed by atoms with Crippen LogP contribution in [0.2, 0.25) is 0 Å². The van der Waals surface area contributed by atoms with Gasteiger partial charge in [0.1, 0.15) is 5.82 Å².